The Bertz CT molecular complexity index is 382. The van der Waals surface area contributed by atoms with Crippen molar-refractivity contribution in [3.8, 4) is 0 Å². The third-order valence-corrected chi connectivity index (χ3v) is 2.83. The Balaban J connectivity index is 2.26. The molecule has 1 aromatic rings. The quantitative estimate of drug-likeness (QED) is 0.689. The molecule has 0 saturated carbocycles. The second-order valence-electron chi connectivity index (χ2n) is 3.72. The number of piperazine rings is 1. The maximum Gasteiger partial charge on any atom is 0.147 e. The number of nitrogens with one attached hydrogen (secondary N) is 1. The van der Waals surface area contributed by atoms with Crippen molar-refractivity contribution in [2.45, 2.75) is 6.04 Å². The first-order chi connectivity index (χ1) is 7.33. The van der Waals surface area contributed by atoms with Gasteiger partial charge in [0.2, 0.25) is 0 Å². The molecule has 2 rings (SSSR count). The lowest BCUT2D eigenvalue weighted by Crippen LogP contribution is -2.42. The molecule has 0 radical (unpaired) electrons. The molecule has 0 aromatic heterocycles. The van der Waals surface area contributed by atoms with Crippen molar-refractivity contribution >= 4 is 5.94 Å². The number of likely N-dealkylation sites (N-methyl/N-ethyl adjacent to an activating group) is 1. The summed E-state index contributed by atoms with van der Waals surface area (Å²) in [6, 6.07) is 10.4. The van der Waals surface area contributed by atoms with Gasteiger partial charge in [0.1, 0.15) is 11.6 Å². The van der Waals surface area contributed by atoms with Gasteiger partial charge in [0.15, 0.2) is 0 Å². The molecule has 1 atom stereocenters. The molecule has 1 N–H and O–H groups in total. The second kappa shape index (κ2) is 4.30. The number of rotatable bonds is 1. The molecule has 0 bridgehead atoms. The fourth-order valence-electron chi connectivity index (χ4n) is 1.90. The molecule has 1 aliphatic heterocycles. The van der Waals surface area contributed by atoms with Crippen LogP contribution in [0.2, 0.25) is 0 Å². The van der Waals surface area contributed by atoms with Gasteiger partial charge in [-0.25, -0.2) is 4.79 Å². The summed E-state index contributed by atoms with van der Waals surface area (Å²) in [5.41, 5.74) is 1.91. The minimum atomic E-state index is 0.233. The highest BCUT2D eigenvalue weighted by Crippen LogP contribution is 2.23. The fourth-order valence-corrected chi connectivity index (χ4v) is 1.90. The molecule has 1 heterocycles. The van der Waals surface area contributed by atoms with E-state index in [-0.39, 0.29) is 6.04 Å². The van der Waals surface area contributed by atoms with E-state index >= 15 is 0 Å². The zero-order valence-corrected chi connectivity index (χ0v) is 8.73. The van der Waals surface area contributed by atoms with Gasteiger partial charge in [0.25, 0.3) is 0 Å². The molecule has 3 heteroatoms. The van der Waals surface area contributed by atoms with Gasteiger partial charge in [0, 0.05) is 20.1 Å². The lowest BCUT2D eigenvalue weighted by atomic mass is 10.0. The minimum absolute atomic E-state index is 0.233. The van der Waals surface area contributed by atoms with Crippen LogP contribution in [0.25, 0.3) is 0 Å². The van der Waals surface area contributed by atoms with E-state index in [0.717, 1.165) is 6.54 Å². The Hall–Kier alpha value is -1.57. The Morgan fingerprint density at radius 1 is 1.40 bits per heavy atom. The van der Waals surface area contributed by atoms with Crippen LogP contribution in [0.15, 0.2) is 36.0 Å². The Morgan fingerprint density at radius 2 is 2.13 bits per heavy atom. The smallest absolute Gasteiger partial charge is 0.147 e. The molecular weight excluding hydrogens is 188 g/mol. The first kappa shape index (κ1) is 9.97. The molecule has 1 aliphatic rings. The highest BCUT2D eigenvalue weighted by molar-refractivity contribution is 5.53. The van der Waals surface area contributed by atoms with Crippen molar-refractivity contribution in [3.05, 3.63) is 41.6 Å². The molecule has 0 aliphatic carbocycles. The van der Waals surface area contributed by atoms with Gasteiger partial charge in [-0.1, -0.05) is 30.3 Å². The molecule has 3 nitrogen and oxygen atoms in total. The topological polar surface area (TPSA) is 32.3 Å². The summed E-state index contributed by atoms with van der Waals surface area (Å²) in [6.45, 7) is 1.48. The van der Waals surface area contributed by atoms with Crippen molar-refractivity contribution in [2.24, 2.45) is 0 Å². The van der Waals surface area contributed by atoms with Gasteiger partial charge in [-0.2, -0.15) is 0 Å². The summed E-state index contributed by atoms with van der Waals surface area (Å²) < 4.78 is 0. The normalized spacial score (nSPS) is 21.3. The van der Waals surface area contributed by atoms with Gasteiger partial charge >= 0.3 is 0 Å². The molecule has 0 amide bonds. The third-order valence-electron chi connectivity index (χ3n) is 2.83. The largest absolute Gasteiger partial charge is 0.360 e. The Morgan fingerprint density at radius 3 is 2.80 bits per heavy atom. The molecular formula is C12H14N2O. The van der Waals surface area contributed by atoms with E-state index in [1.165, 1.54) is 5.56 Å². The summed E-state index contributed by atoms with van der Waals surface area (Å²) in [7, 11) is 1.94. The molecule has 78 valence electrons. The van der Waals surface area contributed by atoms with Crippen LogP contribution in [0.4, 0.5) is 0 Å². The standard InChI is InChI=1S/C12H14N2O/c1-14-11(9-15)7-13-8-12(14)10-5-3-2-4-6-10/h2-6,12-13H,7-8H2,1H3. The van der Waals surface area contributed by atoms with Crippen LogP contribution in [-0.2, 0) is 4.79 Å². The van der Waals surface area contributed by atoms with E-state index in [1.54, 1.807) is 0 Å². The maximum atomic E-state index is 10.7. The van der Waals surface area contributed by atoms with Gasteiger partial charge in [-0.05, 0) is 5.56 Å². The Labute approximate surface area is 89.4 Å². The van der Waals surface area contributed by atoms with Crippen LogP contribution in [0.5, 0.6) is 0 Å². The van der Waals surface area contributed by atoms with Gasteiger partial charge in [-0.15, -0.1) is 0 Å². The third kappa shape index (κ3) is 1.94. The lowest BCUT2D eigenvalue weighted by Gasteiger charge is -2.35. The summed E-state index contributed by atoms with van der Waals surface area (Å²) in [4.78, 5) is 12.7. The van der Waals surface area contributed by atoms with Crippen molar-refractivity contribution < 1.29 is 4.79 Å². The van der Waals surface area contributed by atoms with E-state index < -0.39 is 0 Å². The molecule has 0 spiro atoms. The van der Waals surface area contributed by atoms with Gasteiger partial charge in [0.05, 0.1) is 6.04 Å². The van der Waals surface area contributed by atoms with Crippen LogP contribution in [0.3, 0.4) is 0 Å². The predicted molar refractivity (Wildman–Crippen MR) is 59.0 cm³/mol. The number of hydrogen-bond acceptors (Lipinski definition) is 3. The SMILES string of the molecule is CN1C(=C=O)CNCC1c1ccccc1. The molecule has 1 saturated heterocycles. The average molecular weight is 202 g/mol. The van der Waals surface area contributed by atoms with E-state index in [2.05, 4.69) is 17.4 Å². The maximum absolute atomic E-state index is 10.7. The first-order valence-electron chi connectivity index (χ1n) is 5.05. The summed E-state index contributed by atoms with van der Waals surface area (Å²) in [5, 5.41) is 3.22. The highest BCUT2D eigenvalue weighted by Gasteiger charge is 2.23. The molecule has 1 unspecified atom stereocenters. The summed E-state index contributed by atoms with van der Waals surface area (Å²) in [6.07, 6.45) is 0. The van der Waals surface area contributed by atoms with Crippen LogP contribution in [0.1, 0.15) is 11.6 Å². The lowest BCUT2D eigenvalue weighted by molar-refractivity contribution is 0.259. The minimum Gasteiger partial charge on any atom is -0.360 e. The van der Waals surface area contributed by atoms with Gasteiger partial charge < -0.3 is 10.2 Å². The second-order valence-corrected chi connectivity index (χ2v) is 3.72. The highest BCUT2D eigenvalue weighted by atomic mass is 16.1. The van der Waals surface area contributed by atoms with E-state index in [1.807, 2.05) is 36.1 Å². The number of benzene rings is 1. The number of carbonyl (C=O) groups excluding carboxylic acids is 1. The van der Waals surface area contributed by atoms with Crippen molar-refractivity contribution in [1.29, 1.82) is 0 Å². The van der Waals surface area contributed by atoms with Crippen molar-refractivity contribution in [1.82, 2.24) is 10.2 Å². The van der Waals surface area contributed by atoms with Crippen molar-refractivity contribution in [3.63, 3.8) is 0 Å². The van der Waals surface area contributed by atoms with E-state index in [9.17, 15) is 4.79 Å². The van der Waals surface area contributed by atoms with Gasteiger partial charge in [-0.3, -0.25) is 0 Å². The van der Waals surface area contributed by atoms with Crippen LogP contribution >= 0.6 is 0 Å². The fraction of sp³-hybridized carbons (Fsp3) is 0.333. The monoisotopic (exact) mass is 202 g/mol. The van der Waals surface area contributed by atoms with Crippen LogP contribution in [-0.4, -0.2) is 31.0 Å². The number of hydrogen-bond donors (Lipinski definition) is 1. The van der Waals surface area contributed by atoms with Crippen molar-refractivity contribution in [2.75, 3.05) is 20.1 Å². The predicted octanol–water partition coefficient (Wildman–Crippen LogP) is 0.978. The average Bonchev–Trinajstić information content (AvgIpc) is 2.30. The zero-order valence-electron chi connectivity index (χ0n) is 8.73. The van der Waals surface area contributed by atoms with E-state index in [0.29, 0.717) is 12.2 Å². The van der Waals surface area contributed by atoms with Crippen LogP contribution in [0, 0.1) is 0 Å². The Kier molecular flexibility index (Phi) is 2.86. The molecule has 15 heavy (non-hydrogen) atoms. The summed E-state index contributed by atoms with van der Waals surface area (Å²) >= 11 is 0. The number of nitrogens with zero attached hydrogens (tertiary/aromatic N) is 1. The zero-order chi connectivity index (χ0) is 10.7. The summed E-state index contributed by atoms with van der Waals surface area (Å²) in [5.74, 6) is 1.98. The van der Waals surface area contributed by atoms with Crippen LogP contribution < -0.4 is 5.32 Å². The first-order valence-corrected chi connectivity index (χ1v) is 5.05. The van der Waals surface area contributed by atoms with E-state index in [4.69, 9.17) is 0 Å². The molecule has 1 fully saturated rings. The molecule has 1 aromatic carbocycles.